The number of Topliss-reactive ketones (excluding diaryl/α,β-unsaturated/α-hetero) is 1. The van der Waals surface area contributed by atoms with Gasteiger partial charge in [-0.05, 0) is 62.7 Å². The first-order valence-electron chi connectivity index (χ1n) is 9.85. The second-order valence-electron chi connectivity index (χ2n) is 7.67. The highest BCUT2D eigenvalue weighted by Crippen LogP contribution is 2.19. The van der Waals surface area contributed by atoms with Gasteiger partial charge in [-0.2, -0.15) is 0 Å². The van der Waals surface area contributed by atoms with E-state index in [9.17, 15) is 14.0 Å². The molecular formula is C23H27FN2O3. The summed E-state index contributed by atoms with van der Waals surface area (Å²) in [5.74, 6) is 0.274. The standard InChI is InChI=1S/C23H27FN2O3/c1-16-13-26(17(2)12-25(16)14-19-4-8-21(24)9-5-19)23(28)15-29-22-10-6-20(7-11-22)18(3)27/h4-11,16-17H,12-15H2,1-3H3/t16-,17+/m1/s1. The van der Waals surface area contributed by atoms with E-state index in [4.69, 9.17) is 4.74 Å². The summed E-state index contributed by atoms with van der Waals surface area (Å²) >= 11 is 0. The van der Waals surface area contributed by atoms with Crippen molar-refractivity contribution in [3.05, 3.63) is 65.5 Å². The van der Waals surface area contributed by atoms with Crippen LogP contribution in [0, 0.1) is 5.82 Å². The van der Waals surface area contributed by atoms with Crippen molar-refractivity contribution < 1.29 is 18.7 Å². The normalized spacial score (nSPS) is 19.8. The predicted molar refractivity (Wildman–Crippen MR) is 109 cm³/mol. The van der Waals surface area contributed by atoms with E-state index < -0.39 is 0 Å². The first-order chi connectivity index (χ1) is 13.8. The van der Waals surface area contributed by atoms with Crippen molar-refractivity contribution in [2.75, 3.05) is 19.7 Å². The van der Waals surface area contributed by atoms with Crippen molar-refractivity contribution in [2.45, 2.75) is 39.4 Å². The Balaban J connectivity index is 1.54. The van der Waals surface area contributed by atoms with Gasteiger partial charge in [-0.3, -0.25) is 14.5 Å². The molecule has 5 nitrogen and oxygen atoms in total. The molecule has 0 aliphatic carbocycles. The Hall–Kier alpha value is -2.73. The first-order valence-corrected chi connectivity index (χ1v) is 9.85. The van der Waals surface area contributed by atoms with E-state index in [1.807, 2.05) is 11.8 Å². The third kappa shape index (κ3) is 5.41. The van der Waals surface area contributed by atoms with E-state index in [0.717, 1.165) is 18.7 Å². The second-order valence-corrected chi connectivity index (χ2v) is 7.67. The summed E-state index contributed by atoms with van der Waals surface area (Å²) in [6.07, 6.45) is 0. The number of nitrogens with zero attached hydrogens (tertiary/aromatic N) is 2. The molecule has 0 aromatic heterocycles. The minimum atomic E-state index is -0.235. The van der Waals surface area contributed by atoms with Crippen molar-refractivity contribution in [1.82, 2.24) is 9.80 Å². The van der Waals surface area contributed by atoms with Crippen molar-refractivity contribution >= 4 is 11.7 Å². The van der Waals surface area contributed by atoms with Crippen LogP contribution in [0.5, 0.6) is 5.75 Å². The van der Waals surface area contributed by atoms with Crippen LogP contribution in [-0.2, 0) is 11.3 Å². The van der Waals surface area contributed by atoms with Gasteiger partial charge in [-0.25, -0.2) is 4.39 Å². The summed E-state index contributed by atoms with van der Waals surface area (Å²) in [7, 11) is 0. The molecule has 1 aliphatic rings. The lowest BCUT2D eigenvalue weighted by atomic mass is 10.1. The van der Waals surface area contributed by atoms with Crippen LogP contribution in [0.3, 0.4) is 0 Å². The predicted octanol–water partition coefficient (Wildman–Crippen LogP) is 3.53. The summed E-state index contributed by atoms with van der Waals surface area (Å²) in [4.78, 5) is 28.2. The van der Waals surface area contributed by atoms with Gasteiger partial charge in [0, 0.05) is 37.3 Å². The number of rotatable bonds is 6. The zero-order valence-electron chi connectivity index (χ0n) is 17.1. The Morgan fingerprint density at radius 2 is 1.66 bits per heavy atom. The quantitative estimate of drug-likeness (QED) is 0.699. The number of piperazine rings is 1. The molecule has 0 radical (unpaired) electrons. The van der Waals surface area contributed by atoms with Gasteiger partial charge in [-0.1, -0.05) is 12.1 Å². The van der Waals surface area contributed by atoms with Gasteiger partial charge < -0.3 is 9.64 Å². The van der Waals surface area contributed by atoms with Gasteiger partial charge in [0.05, 0.1) is 0 Å². The van der Waals surface area contributed by atoms with Crippen LogP contribution in [0.1, 0.15) is 36.7 Å². The summed E-state index contributed by atoms with van der Waals surface area (Å²) in [6.45, 7) is 7.70. The van der Waals surface area contributed by atoms with Crippen LogP contribution in [0.25, 0.3) is 0 Å². The van der Waals surface area contributed by atoms with Gasteiger partial charge in [0.15, 0.2) is 12.4 Å². The molecule has 1 amide bonds. The van der Waals surface area contributed by atoms with Crippen molar-refractivity contribution in [3.8, 4) is 5.75 Å². The smallest absolute Gasteiger partial charge is 0.260 e. The van der Waals surface area contributed by atoms with Gasteiger partial charge in [0.2, 0.25) is 0 Å². The number of halogens is 1. The monoisotopic (exact) mass is 398 g/mol. The molecule has 2 atom stereocenters. The molecule has 0 N–H and O–H groups in total. The molecule has 1 fully saturated rings. The van der Waals surface area contributed by atoms with Crippen LogP contribution in [-0.4, -0.2) is 53.3 Å². The first kappa shape index (κ1) is 21.0. The summed E-state index contributed by atoms with van der Waals surface area (Å²) < 4.78 is 18.7. The fourth-order valence-corrected chi connectivity index (χ4v) is 3.60. The lowest BCUT2D eigenvalue weighted by Crippen LogP contribution is -2.58. The maximum atomic E-state index is 13.1. The summed E-state index contributed by atoms with van der Waals surface area (Å²) in [5, 5.41) is 0. The lowest BCUT2D eigenvalue weighted by Gasteiger charge is -2.44. The Morgan fingerprint density at radius 3 is 2.28 bits per heavy atom. The Kier molecular flexibility index (Phi) is 6.64. The molecule has 154 valence electrons. The number of hydrogen-bond acceptors (Lipinski definition) is 4. The Labute approximate surface area is 171 Å². The molecule has 2 aromatic rings. The van der Waals surface area contributed by atoms with E-state index >= 15 is 0 Å². The van der Waals surface area contributed by atoms with Gasteiger partial charge >= 0.3 is 0 Å². The zero-order valence-corrected chi connectivity index (χ0v) is 17.1. The highest BCUT2D eigenvalue weighted by atomic mass is 19.1. The molecule has 0 saturated carbocycles. The highest BCUT2D eigenvalue weighted by molar-refractivity contribution is 5.94. The van der Waals surface area contributed by atoms with E-state index in [1.165, 1.54) is 19.1 Å². The molecule has 0 unspecified atom stereocenters. The van der Waals surface area contributed by atoms with Crippen molar-refractivity contribution in [3.63, 3.8) is 0 Å². The summed E-state index contributed by atoms with van der Waals surface area (Å²) in [6, 6.07) is 13.6. The molecule has 29 heavy (non-hydrogen) atoms. The molecular weight excluding hydrogens is 371 g/mol. The van der Waals surface area contributed by atoms with Crippen LogP contribution in [0.4, 0.5) is 4.39 Å². The number of carbonyl (C=O) groups is 2. The molecule has 1 aliphatic heterocycles. The number of ether oxygens (including phenoxy) is 1. The largest absolute Gasteiger partial charge is 0.484 e. The lowest BCUT2D eigenvalue weighted by molar-refractivity contribution is -0.139. The van der Waals surface area contributed by atoms with E-state index in [2.05, 4.69) is 11.8 Å². The van der Waals surface area contributed by atoms with Crippen molar-refractivity contribution in [2.24, 2.45) is 0 Å². The molecule has 1 heterocycles. The number of hydrogen-bond donors (Lipinski definition) is 0. The van der Waals surface area contributed by atoms with E-state index in [1.54, 1.807) is 36.4 Å². The molecule has 6 heteroatoms. The van der Waals surface area contributed by atoms with Gasteiger partial charge in [0.1, 0.15) is 11.6 Å². The fourth-order valence-electron chi connectivity index (χ4n) is 3.60. The molecule has 0 spiro atoms. The van der Waals surface area contributed by atoms with Crippen LogP contribution in [0.2, 0.25) is 0 Å². The van der Waals surface area contributed by atoms with Crippen LogP contribution < -0.4 is 4.74 Å². The third-order valence-corrected chi connectivity index (χ3v) is 5.36. The third-order valence-electron chi connectivity index (χ3n) is 5.36. The number of amides is 1. The minimum Gasteiger partial charge on any atom is -0.484 e. The highest BCUT2D eigenvalue weighted by Gasteiger charge is 2.32. The summed E-state index contributed by atoms with van der Waals surface area (Å²) in [5.41, 5.74) is 1.67. The Morgan fingerprint density at radius 1 is 1.00 bits per heavy atom. The number of benzene rings is 2. The molecule has 0 bridgehead atoms. The number of ketones is 1. The van der Waals surface area contributed by atoms with Gasteiger partial charge in [-0.15, -0.1) is 0 Å². The van der Waals surface area contributed by atoms with E-state index in [-0.39, 0.29) is 36.2 Å². The van der Waals surface area contributed by atoms with Crippen LogP contribution >= 0.6 is 0 Å². The van der Waals surface area contributed by atoms with Crippen molar-refractivity contribution in [1.29, 1.82) is 0 Å². The van der Waals surface area contributed by atoms with Crippen LogP contribution in [0.15, 0.2) is 48.5 Å². The molecule has 3 rings (SSSR count). The molecule has 1 saturated heterocycles. The average Bonchev–Trinajstić information content (AvgIpc) is 2.70. The topological polar surface area (TPSA) is 49.9 Å². The molecule has 2 aromatic carbocycles. The zero-order chi connectivity index (χ0) is 21.0. The number of carbonyl (C=O) groups excluding carboxylic acids is 2. The maximum absolute atomic E-state index is 13.1. The second kappa shape index (κ2) is 9.18. The van der Waals surface area contributed by atoms with Gasteiger partial charge in [0.25, 0.3) is 5.91 Å². The van der Waals surface area contributed by atoms with E-state index in [0.29, 0.717) is 17.9 Å². The SMILES string of the molecule is CC(=O)c1ccc(OCC(=O)N2C[C@@H](C)N(Cc3ccc(F)cc3)C[C@@H]2C)cc1. The fraction of sp³-hybridized carbons (Fsp3) is 0.391. The average molecular weight is 398 g/mol. The minimum absolute atomic E-state index is 0.00560. The maximum Gasteiger partial charge on any atom is 0.260 e. The Bertz CT molecular complexity index is 851.